The van der Waals surface area contributed by atoms with Crippen molar-refractivity contribution in [2.75, 3.05) is 20.3 Å². The molecule has 0 bridgehead atoms. The van der Waals surface area contributed by atoms with Gasteiger partial charge in [0.15, 0.2) is 11.5 Å². The van der Waals surface area contributed by atoms with Gasteiger partial charge in [0.2, 0.25) is 0 Å². The highest BCUT2D eigenvalue weighted by molar-refractivity contribution is 5.99. The fourth-order valence-corrected chi connectivity index (χ4v) is 3.39. The number of methoxy groups -OCH3 is 1. The molecule has 1 N–H and O–H groups in total. The first-order chi connectivity index (χ1) is 12.3. The summed E-state index contributed by atoms with van der Waals surface area (Å²) >= 11 is 0. The molecular weight excluding hydrogens is 318 g/mol. The number of fused-ring (bicyclic) bond motifs is 1. The number of amides is 1. The first-order valence-electron chi connectivity index (χ1n) is 8.28. The van der Waals surface area contributed by atoms with E-state index in [9.17, 15) is 4.79 Å². The van der Waals surface area contributed by atoms with Crippen molar-refractivity contribution in [1.82, 2.24) is 15.1 Å². The zero-order valence-corrected chi connectivity index (χ0v) is 13.9. The van der Waals surface area contributed by atoms with Gasteiger partial charge in [0.05, 0.1) is 12.3 Å². The van der Waals surface area contributed by atoms with Crippen LogP contribution < -0.4 is 0 Å². The highest BCUT2D eigenvalue weighted by Crippen LogP contribution is 2.42. The molecule has 0 saturated carbocycles. The van der Waals surface area contributed by atoms with Crippen LogP contribution in [0, 0.1) is 0 Å². The van der Waals surface area contributed by atoms with Crippen molar-refractivity contribution in [2.24, 2.45) is 0 Å². The summed E-state index contributed by atoms with van der Waals surface area (Å²) in [5.41, 5.74) is 3.17. The minimum absolute atomic E-state index is 0.0611. The third-order valence-electron chi connectivity index (χ3n) is 4.48. The Morgan fingerprint density at radius 2 is 2.08 bits per heavy atom. The maximum atomic E-state index is 12.9. The smallest absolute Gasteiger partial charge is 0.275 e. The zero-order valence-electron chi connectivity index (χ0n) is 13.9. The number of nitrogens with one attached hydrogen (secondary N) is 1. The fraction of sp³-hybridized carbons (Fsp3) is 0.263. The van der Waals surface area contributed by atoms with E-state index in [1.807, 2.05) is 47.4 Å². The summed E-state index contributed by atoms with van der Waals surface area (Å²) in [7, 11) is 1.67. The van der Waals surface area contributed by atoms with Gasteiger partial charge in [0, 0.05) is 25.8 Å². The van der Waals surface area contributed by atoms with Gasteiger partial charge in [-0.05, 0) is 24.1 Å². The minimum Gasteiger partial charge on any atom is -0.463 e. The van der Waals surface area contributed by atoms with Crippen molar-refractivity contribution in [3.63, 3.8) is 0 Å². The molecule has 6 nitrogen and oxygen atoms in total. The van der Waals surface area contributed by atoms with Crippen LogP contribution in [0.4, 0.5) is 0 Å². The van der Waals surface area contributed by atoms with Crippen molar-refractivity contribution in [1.29, 1.82) is 0 Å². The van der Waals surface area contributed by atoms with E-state index in [1.54, 1.807) is 13.4 Å². The van der Waals surface area contributed by atoms with E-state index in [2.05, 4.69) is 10.2 Å². The Bertz CT molecular complexity index is 855. The van der Waals surface area contributed by atoms with Gasteiger partial charge in [0.1, 0.15) is 5.69 Å². The summed E-state index contributed by atoms with van der Waals surface area (Å²) in [6, 6.07) is 13.5. The maximum absolute atomic E-state index is 12.9. The Morgan fingerprint density at radius 3 is 2.80 bits per heavy atom. The van der Waals surface area contributed by atoms with E-state index in [-0.39, 0.29) is 11.9 Å². The van der Waals surface area contributed by atoms with E-state index >= 15 is 0 Å². The van der Waals surface area contributed by atoms with Crippen molar-refractivity contribution in [2.45, 2.75) is 12.5 Å². The normalized spacial score (nSPS) is 16.4. The molecule has 6 heteroatoms. The number of ether oxygens (including phenoxy) is 1. The van der Waals surface area contributed by atoms with Crippen LogP contribution in [0.15, 0.2) is 53.1 Å². The number of H-pyrrole nitrogens is 1. The molecule has 2 aromatic heterocycles. The SMILES string of the molecule is COCCCN1C(=O)c2n[nH]c(-c3ccco3)c2C1c1ccccc1. The molecule has 1 atom stereocenters. The predicted octanol–water partition coefficient (Wildman–Crippen LogP) is 3.25. The van der Waals surface area contributed by atoms with Crippen LogP contribution in [0.2, 0.25) is 0 Å². The summed E-state index contributed by atoms with van der Waals surface area (Å²) < 4.78 is 10.7. The number of aromatic amines is 1. The van der Waals surface area contributed by atoms with Crippen molar-refractivity contribution in [3.05, 3.63) is 65.5 Å². The summed E-state index contributed by atoms with van der Waals surface area (Å²) in [4.78, 5) is 14.8. The number of rotatable bonds is 6. The zero-order chi connectivity index (χ0) is 17.2. The number of furan rings is 1. The molecule has 0 fully saturated rings. The van der Waals surface area contributed by atoms with Gasteiger partial charge < -0.3 is 14.1 Å². The molecule has 1 unspecified atom stereocenters. The minimum atomic E-state index is -0.181. The van der Waals surface area contributed by atoms with E-state index in [1.165, 1.54) is 0 Å². The average Bonchev–Trinajstić information content (AvgIpc) is 3.35. The van der Waals surface area contributed by atoms with E-state index in [0.29, 0.717) is 24.6 Å². The van der Waals surface area contributed by atoms with E-state index in [0.717, 1.165) is 23.2 Å². The summed E-state index contributed by atoms with van der Waals surface area (Å²) in [6.07, 6.45) is 2.39. The molecule has 1 aliphatic heterocycles. The number of carbonyl (C=O) groups is 1. The summed E-state index contributed by atoms with van der Waals surface area (Å²) in [5.74, 6) is 0.621. The van der Waals surface area contributed by atoms with Crippen LogP contribution in [0.3, 0.4) is 0 Å². The van der Waals surface area contributed by atoms with Crippen molar-refractivity contribution >= 4 is 5.91 Å². The molecule has 25 heavy (non-hydrogen) atoms. The highest BCUT2D eigenvalue weighted by Gasteiger charge is 2.42. The first-order valence-corrected chi connectivity index (χ1v) is 8.28. The van der Waals surface area contributed by atoms with Crippen LogP contribution in [-0.4, -0.2) is 41.3 Å². The Labute approximate surface area is 145 Å². The number of hydrogen-bond donors (Lipinski definition) is 1. The quantitative estimate of drug-likeness (QED) is 0.701. The van der Waals surface area contributed by atoms with Gasteiger partial charge >= 0.3 is 0 Å². The topological polar surface area (TPSA) is 71.4 Å². The number of aromatic nitrogens is 2. The second-order valence-electron chi connectivity index (χ2n) is 6.00. The lowest BCUT2D eigenvalue weighted by atomic mass is 9.98. The molecule has 0 aliphatic carbocycles. The Hall–Kier alpha value is -2.86. The molecule has 1 aromatic carbocycles. The molecule has 0 saturated heterocycles. The molecule has 4 rings (SSSR count). The van der Waals surface area contributed by atoms with Gasteiger partial charge in [-0.2, -0.15) is 5.10 Å². The lowest BCUT2D eigenvalue weighted by Gasteiger charge is -2.26. The van der Waals surface area contributed by atoms with E-state index in [4.69, 9.17) is 9.15 Å². The maximum Gasteiger partial charge on any atom is 0.275 e. The van der Waals surface area contributed by atoms with Crippen LogP contribution in [0.5, 0.6) is 0 Å². The molecular formula is C19H19N3O3. The molecule has 128 valence electrons. The van der Waals surface area contributed by atoms with Crippen molar-refractivity contribution < 1.29 is 13.9 Å². The van der Waals surface area contributed by atoms with Crippen LogP contribution in [-0.2, 0) is 4.74 Å². The van der Waals surface area contributed by atoms with Gasteiger partial charge in [0.25, 0.3) is 5.91 Å². The Kier molecular flexibility index (Phi) is 4.11. The fourth-order valence-electron chi connectivity index (χ4n) is 3.39. The van der Waals surface area contributed by atoms with Gasteiger partial charge in [-0.15, -0.1) is 0 Å². The second-order valence-corrected chi connectivity index (χ2v) is 6.00. The lowest BCUT2D eigenvalue weighted by Crippen LogP contribution is -2.31. The number of hydrogen-bond acceptors (Lipinski definition) is 4. The number of nitrogens with zero attached hydrogens (tertiary/aromatic N) is 2. The Morgan fingerprint density at radius 1 is 1.24 bits per heavy atom. The summed E-state index contributed by atoms with van der Waals surface area (Å²) in [6.45, 7) is 1.22. The predicted molar refractivity (Wildman–Crippen MR) is 92.1 cm³/mol. The third-order valence-corrected chi connectivity index (χ3v) is 4.48. The number of benzene rings is 1. The van der Waals surface area contributed by atoms with E-state index < -0.39 is 0 Å². The largest absolute Gasteiger partial charge is 0.463 e. The molecule has 0 radical (unpaired) electrons. The summed E-state index contributed by atoms with van der Waals surface area (Å²) in [5, 5.41) is 7.26. The lowest BCUT2D eigenvalue weighted by molar-refractivity contribution is 0.0723. The van der Waals surface area contributed by atoms with Gasteiger partial charge in [-0.25, -0.2) is 0 Å². The standard InChI is InChI=1S/C19H19N3O3/c1-24-11-6-10-22-18(13-7-3-2-4-8-13)15-16(14-9-5-12-25-14)20-21-17(15)19(22)23/h2-5,7-9,12,18H,6,10-11H2,1H3,(H,20,21). The molecule has 1 aliphatic rings. The second kappa shape index (κ2) is 6.57. The van der Waals surface area contributed by atoms with Crippen LogP contribution in [0.25, 0.3) is 11.5 Å². The molecule has 3 heterocycles. The monoisotopic (exact) mass is 337 g/mol. The molecule has 1 amide bonds. The van der Waals surface area contributed by atoms with Gasteiger partial charge in [-0.3, -0.25) is 9.89 Å². The Balaban J connectivity index is 1.79. The van der Waals surface area contributed by atoms with Crippen LogP contribution >= 0.6 is 0 Å². The van der Waals surface area contributed by atoms with Crippen LogP contribution in [0.1, 0.15) is 34.1 Å². The molecule has 0 spiro atoms. The van der Waals surface area contributed by atoms with Gasteiger partial charge in [-0.1, -0.05) is 30.3 Å². The van der Waals surface area contributed by atoms with Crippen molar-refractivity contribution in [3.8, 4) is 11.5 Å². The number of carbonyl (C=O) groups excluding carboxylic acids is 1. The highest BCUT2D eigenvalue weighted by atomic mass is 16.5. The third kappa shape index (κ3) is 2.64. The first kappa shape index (κ1) is 15.7. The molecule has 3 aromatic rings. The average molecular weight is 337 g/mol.